The standard InChI is InChI=1S/C13H19ClN4S/c1-19-13-16-11(14)8-12(17-13)15-9-4-6-18-5-2-3-10(18)7-9/h8-10H,2-7H2,1H3,(H,15,16,17). The number of nitrogens with one attached hydrogen (secondary N) is 1. The predicted molar refractivity (Wildman–Crippen MR) is 80.1 cm³/mol. The van der Waals surface area contributed by atoms with Gasteiger partial charge in [0.15, 0.2) is 5.16 Å². The molecule has 0 bridgehead atoms. The molecule has 104 valence electrons. The van der Waals surface area contributed by atoms with Gasteiger partial charge in [-0.15, -0.1) is 0 Å². The summed E-state index contributed by atoms with van der Waals surface area (Å²) < 4.78 is 0. The van der Waals surface area contributed by atoms with E-state index in [0.717, 1.165) is 17.0 Å². The average Bonchev–Trinajstić information content (AvgIpc) is 2.85. The number of rotatable bonds is 3. The Kier molecular flexibility index (Phi) is 4.15. The summed E-state index contributed by atoms with van der Waals surface area (Å²) in [5, 5.41) is 4.78. The Hall–Kier alpha value is -0.520. The van der Waals surface area contributed by atoms with Crippen LogP contribution in [0.2, 0.25) is 5.15 Å². The molecule has 19 heavy (non-hydrogen) atoms. The highest BCUT2D eigenvalue weighted by molar-refractivity contribution is 7.98. The van der Waals surface area contributed by atoms with Gasteiger partial charge in [-0.25, -0.2) is 9.97 Å². The SMILES string of the molecule is CSc1nc(Cl)cc(NC2CCN3CCCC3C2)n1. The second-order valence-electron chi connectivity index (χ2n) is 5.26. The fraction of sp³-hybridized carbons (Fsp3) is 0.692. The Bertz CT molecular complexity index is 456. The lowest BCUT2D eigenvalue weighted by Gasteiger charge is -2.35. The van der Waals surface area contributed by atoms with E-state index in [0.29, 0.717) is 11.2 Å². The van der Waals surface area contributed by atoms with Gasteiger partial charge in [0.1, 0.15) is 11.0 Å². The van der Waals surface area contributed by atoms with Crippen LogP contribution in [0.1, 0.15) is 25.7 Å². The number of anilines is 1. The number of nitrogens with zero attached hydrogens (tertiary/aromatic N) is 3. The molecule has 0 amide bonds. The quantitative estimate of drug-likeness (QED) is 0.528. The first kappa shape index (κ1) is 13.5. The van der Waals surface area contributed by atoms with E-state index < -0.39 is 0 Å². The average molecular weight is 299 g/mol. The molecule has 1 N–H and O–H groups in total. The summed E-state index contributed by atoms with van der Waals surface area (Å²) in [4.78, 5) is 11.3. The topological polar surface area (TPSA) is 41.1 Å². The van der Waals surface area contributed by atoms with Crippen LogP contribution in [-0.4, -0.2) is 46.3 Å². The number of hydrogen-bond acceptors (Lipinski definition) is 5. The molecule has 0 aliphatic carbocycles. The lowest BCUT2D eigenvalue weighted by molar-refractivity contribution is 0.188. The molecule has 3 heterocycles. The Morgan fingerprint density at radius 2 is 2.26 bits per heavy atom. The second kappa shape index (κ2) is 5.85. The monoisotopic (exact) mass is 298 g/mol. The van der Waals surface area contributed by atoms with Crippen LogP contribution in [0.15, 0.2) is 11.2 Å². The molecular weight excluding hydrogens is 280 g/mol. The molecule has 2 aliphatic heterocycles. The second-order valence-corrected chi connectivity index (χ2v) is 6.42. The van der Waals surface area contributed by atoms with E-state index in [2.05, 4.69) is 20.2 Å². The molecule has 1 aromatic heterocycles. The fourth-order valence-electron chi connectivity index (χ4n) is 3.13. The van der Waals surface area contributed by atoms with Crippen molar-refractivity contribution in [3.05, 3.63) is 11.2 Å². The fourth-order valence-corrected chi connectivity index (χ4v) is 3.74. The Labute approximate surface area is 123 Å². The minimum Gasteiger partial charge on any atom is -0.367 e. The highest BCUT2D eigenvalue weighted by atomic mass is 35.5. The van der Waals surface area contributed by atoms with Crippen molar-refractivity contribution in [1.29, 1.82) is 0 Å². The van der Waals surface area contributed by atoms with Gasteiger partial charge in [0.2, 0.25) is 0 Å². The number of fused-ring (bicyclic) bond motifs is 1. The van der Waals surface area contributed by atoms with Crippen LogP contribution in [0.3, 0.4) is 0 Å². The predicted octanol–water partition coefficient (Wildman–Crippen LogP) is 2.89. The molecule has 0 saturated carbocycles. The van der Waals surface area contributed by atoms with Crippen LogP contribution in [0, 0.1) is 0 Å². The van der Waals surface area contributed by atoms with Crippen LogP contribution in [-0.2, 0) is 0 Å². The van der Waals surface area contributed by atoms with Crippen molar-refractivity contribution in [2.75, 3.05) is 24.7 Å². The van der Waals surface area contributed by atoms with Crippen LogP contribution in [0.4, 0.5) is 5.82 Å². The van der Waals surface area contributed by atoms with E-state index in [-0.39, 0.29) is 0 Å². The number of aromatic nitrogens is 2. The van der Waals surface area contributed by atoms with Crippen molar-refractivity contribution in [1.82, 2.24) is 14.9 Å². The van der Waals surface area contributed by atoms with Crippen molar-refractivity contribution < 1.29 is 0 Å². The maximum absolute atomic E-state index is 6.02. The van der Waals surface area contributed by atoms with Crippen molar-refractivity contribution in [3.63, 3.8) is 0 Å². The van der Waals surface area contributed by atoms with Crippen molar-refractivity contribution in [2.24, 2.45) is 0 Å². The van der Waals surface area contributed by atoms with Gasteiger partial charge in [-0.3, -0.25) is 0 Å². The molecular formula is C13H19ClN4S. The maximum Gasteiger partial charge on any atom is 0.190 e. The third kappa shape index (κ3) is 3.15. The van der Waals surface area contributed by atoms with Gasteiger partial charge in [-0.05, 0) is 38.5 Å². The van der Waals surface area contributed by atoms with Gasteiger partial charge in [0, 0.05) is 24.7 Å². The molecule has 0 radical (unpaired) electrons. The molecule has 2 fully saturated rings. The van der Waals surface area contributed by atoms with Crippen LogP contribution in [0.25, 0.3) is 0 Å². The smallest absolute Gasteiger partial charge is 0.190 e. The van der Waals surface area contributed by atoms with E-state index in [4.69, 9.17) is 11.6 Å². The molecule has 0 aromatic carbocycles. The normalized spacial score (nSPS) is 27.3. The first-order chi connectivity index (χ1) is 9.24. The zero-order chi connectivity index (χ0) is 13.2. The highest BCUT2D eigenvalue weighted by Crippen LogP contribution is 2.28. The lowest BCUT2D eigenvalue weighted by Crippen LogP contribution is -2.42. The van der Waals surface area contributed by atoms with Gasteiger partial charge in [-0.1, -0.05) is 23.4 Å². The van der Waals surface area contributed by atoms with Crippen LogP contribution >= 0.6 is 23.4 Å². The van der Waals surface area contributed by atoms with Crippen LogP contribution in [0.5, 0.6) is 0 Å². The maximum atomic E-state index is 6.02. The first-order valence-corrected chi connectivity index (χ1v) is 8.44. The molecule has 2 atom stereocenters. The summed E-state index contributed by atoms with van der Waals surface area (Å²) in [6.45, 7) is 2.49. The number of hydrogen-bond donors (Lipinski definition) is 1. The molecule has 2 saturated heterocycles. The van der Waals surface area contributed by atoms with E-state index in [1.54, 1.807) is 0 Å². The minimum absolute atomic E-state index is 0.514. The van der Waals surface area contributed by atoms with E-state index >= 15 is 0 Å². The van der Waals surface area contributed by atoms with Crippen molar-refractivity contribution in [2.45, 2.75) is 42.9 Å². The third-order valence-corrected chi connectivity index (χ3v) is 4.77. The Balaban J connectivity index is 1.66. The molecule has 2 unspecified atom stereocenters. The van der Waals surface area contributed by atoms with Gasteiger partial charge in [0.25, 0.3) is 0 Å². The van der Waals surface area contributed by atoms with Gasteiger partial charge >= 0.3 is 0 Å². The van der Waals surface area contributed by atoms with E-state index in [1.165, 1.54) is 50.5 Å². The third-order valence-electron chi connectivity index (χ3n) is 4.03. The first-order valence-electron chi connectivity index (χ1n) is 6.84. The van der Waals surface area contributed by atoms with Gasteiger partial charge in [0.05, 0.1) is 0 Å². The van der Waals surface area contributed by atoms with Crippen molar-refractivity contribution in [3.8, 4) is 0 Å². The zero-order valence-corrected chi connectivity index (χ0v) is 12.7. The number of halogens is 1. The summed E-state index contributed by atoms with van der Waals surface area (Å²) in [5.41, 5.74) is 0. The van der Waals surface area contributed by atoms with Crippen molar-refractivity contribution >= 4 is 29.2 Å². The largest absolute Gasteiger partial charge is 0.367 e. The lowest BCUT2D eigenvalue weighted by atomic mass is 9.98. The molecule has 0 spiro atoms. The molecule has 3 rings (SSSR count). The minimum atomic E-state index is 0.514. The number of thioether (sulfide) groups is 1. The molecule has 2 aliphatic rings. The van der Waals surface area contributed by atoms with Gasteiger partial charge < -0.3 is 10.2 Å². The van der Waals surface area contributed by atoms with E-state index in [1.807, 2.05) is 12.3 Å². The Morgan fingerprint density at radius 3 is 3.11 bits per heavy atom. The summed E-state index contributed by atoms with van der Waals surface area (Å²) in [5.74, 6) is 0.862. The number of piperidine rings is 1. The zero-order valence-electron chi connectivity index (χ0n) is 11.1. The van der Waals surface area contributed by atoms with Gasteiger partial charge in [-0.2, -0.15) is 0 Å². The Morgan fingerprint density at radius 1 is 1.37 bits per heavy atom. The highest BCUT2D eigenvalue weighted by Gasteiger charge is 2.31. The van der Waals surface area contributed by atoms with E-state index in [9.17, 15) is 0 Å². The molecule has 6 heteroatoms. The molecule has 4 nitrogen and oxygen atoms in total. The summed E-state index contributed by atoms with van der Waals surface area (Å²) in [7, 11) is 0. The molecule has 1 aromatic rings. The summed E-state index contributed by atoms with van der Waals surface area (Å²) in [6.07, 6.45) is 7.07. The van der Waals surface area contributed by atoms with Crippen LogP contribution < -0.4 is 5.32 Å². The summed E-state index contributed by atoms with van der Waals surface area (Å²) in [6, 6.07) is 3.10. The summed E-state index contributed by atoms with van der Waals surface area (Å²) >= 11 is 7.54.